The maximum atomic E-state index is 12.8. The molecule has 1 N–H and O–H groups in total. The molecular formula is C22H30N2O6. The standard InChI is InChI=1S/C22H30N2O6/c1-21(2,3)30-20(26)24-15(11-12-18(24)25)19(17-13-28-22(4,5)29-17)23-14-9-7-8-10-16(14)27-6/h7-12,15,17,19,23H,13H2,1-6H3/t15-,17+,19+/m0/s1. The van der Waals surface area contributed by atoms with Gasteiger partial charge in [0.1, 0.15) is 17.5 Å². The van der Waals surface area contributed by atoms with Crippen molar-refractivity contribution in [2.24, 2.45) is 0 Å². The number of amides is 2. The molecule has 164 valence electrons. The number of anilines is 1. The molecule has 8 heteroatoms. The molecule has 2 aliphatic rings. The van der Waals surface area contributed by atoms with E-state index in [9.17, 15) is 9.59 Å². The zero-order valence-corrected chi connectivity index (χ0v) is 18.3. The number of nitrogens with one attached hydrogen (secondary N) is 1. The normalized spacial score (nSPS) is 24.1. The Bertz CT molecular complexity index is 829. The van der Waals surface area contributed by atoms with E-state index in [2.05, 4.69) is 5.32 Å². The first-order chi connectivity index (χ1) is 14.0. The Morgan fingerprint density at radius 1 is 1.30 bits per heavy atom. The number of carbonyl (C=O) groups is 2. The fourth-order valence-electron chi connectivity index (χ4n) is 3.53. The van der Waals surface area contributed by atoms with Gasteiger partial charge in [0.2, 0.25) is 0 Å². The van der Waals surface area contributed by atoms with Crippen molar-refractivity contribution in [3.8, 4) is 5.75 Å². The van der Waals surface area contributed by atoms with Crippen LogP contribution in [0.15, 0.2) is 36.4 Å². The second kappa shape index (κ2) is 8.28. The molecule has 2 amide bonds. The molecule has 0 unspecified atom stereocenters. The summed E-state index contributed by atoms with van der Waals surface area (Å²) in [6.45, 7) is 9.24. The monoisotopic (exact) mass is 418 g/mol. The molecular weight excluding hydrogens is 388 g/mol. The van der Waals surface area contributed by atoms with E-state index < -0.39 is 41.6 Å². The van der Waals surface area contributed by atoms with Crippen LogP contribution in [0.1, 0.15) is 34.6 Å². The van der Waals surface area contributed by atoms with Gasteiger partial charge in [-0.2, -0.15) is 0 Å². The highest BCUT2D eigenvalue weighted by Crippen LogP contribution is 2.33. The summed E-state index contributed by atoms with van der Waals surface area (Å²) in [7, 11) is 1.58. The zero-order chi connectivity index (χ0) is 22.1. The molecule has 3 atom stereocenters. The Hall–Kier alpha value is -2.58. The quantitative estimate of drug-likeness (QED) is 0.785. The number of carbonyl (C=O) groups excluding carboxylic acids is 2. The number of rotatable bonds is 5. The number of nitrogens with zero attached hydrogens (tertiary/aromatic N) is 1. The van der Waals surface area contributed by atoms with E-state index in [0.29, 0.717) is 12.4 Å². The molecule has 0 spiro atoms. The van der Waals surface area contributed by atoms with Crippen molar-refractivity contribution in [1.82, 2.24) is 4.90 Å². The maximum absolute atomic E-state index is 12.8. The molecule has 8 nitrogen and oxygen atoms in total. The number of hydrogen-bond acceptors (Lipinski definition) is 7. The molecule has 3 rings (SSSR count). The van der Waals surface area contributed by atoms with Gasteiger partial charge in [-0.25, -0.2) is 9.69 Å². The highest BCUT2D eigenvalue weighted by Gasteiger charge is 2.46. The van der Waals surface area contributed by atoms with Gasteiger partial charge in [0.25, 0.3) is 5.91 Å². The Morgan fingerprint density at radius 2 is 2.00 bits per heavy atom. The molecule has 30 heavy (non-hydrogen) atoms. The van der Waals surface area contributed by atoms with Gasteiger partial charge in [-0.05, 0) is 46.8 Å². The van der Waals surface area contributed by atoms with Crippen LogP contribution < -0.4 is 10.1 Å². The van der Waals surface area contributed by atoms with E-state index in [1.807, 2.05) is 38.1 Å². The van der Waals surface area contributed by atoms with Crippen molar-refractivity contribution >= 4 is 17.7 Å². The fraction of sp³-hybridized carbons (Fsp3) is 0.545. The number of imide groups is 1. The molecule has 1 aromatic rings. The largest absolute Gasteiger partial charge is 0.495 e. The van der Waals surface area contributed by atoms with Crippen molar-refractivity contribution < 1.29 is 28.5 Å². The minimum Gasteiger partial charge on any atom is -0.495 e. The SMILES string of the molecule is COc1ccccc1N[C@@H]([C@H]1COC(C)(C)O1)[C@@H]1C=CC(=O)N1C(=O)OC(C)(C)C. The summed E-state index contributed by atoms with van der Waals surface area (Å²) in [5.41, 5.74) is -0.0133. The van der Waals surface area contributed by atoms with E-state index in [0.717, 1.165) is 10.6 Å². The number of hydrogen-bond donors (Lipinski definition) is 1. The molecule has 0 aliphatic carbocycles. The van der Waals surface area contributed by atoms with Gasteiger partial charge in [-0.1, -0.05) is 18.2 Å². The minimum atomic E-state index is -0.769. The van der Waals surface area contributed by atoms with Crippen LogP contribution in [0.2, 0.25) is 0 Å². The van der Waals surface area contributed by atoms with E-state index in [1.54, 1.807) is 34.0 Å². The van der Waals surface area contributed by atoms with Gasteiger partial charge in [0.05, 0.1) is 31.5 Å². The topological polar surface area (TPSA) is 86.3 Å². The predicted octanol–water partition coefficient (Wildman–Crippen LogP) is 3.33. The van der Waals surface area contributed by atoms with Crippen molar-refractivity contribution in [1.29, 1.82) is 0 Å². The van der Waals surface area contributed by atoms with Crippen molar-refractivity contribution in [2.75, 3.05) is 19.0 Å². The lowest BCUT2D eigenvalue weighted by molar-refractivity contribution is -0.141. The first kappa shape index (κ1) is 22.1. The molecule has 1 fully saturated rings. The summed E-state index contributed by atoms with van der Waals surface area (Å²) < 4.78 is 22.8. The number of benzene rings is 1. The summed E-state index contributed by atoms with van der Waals surface area (Å²) in [4.78, 5) is 26.5. The van der Waals surface area contributed by atoms with E-state index in [1.165, 1.54) is 6.08 Å². The van der Waals surface area contributed by atoms with Crippen LogP contribution in [0, 0.1) is 0 Å². The Balaban J connectivity index is 1.93. The van der Waals surface area contributed by atoms with Gasteiger partial charge >= 0.3 is 6.09 Å². The highest BCUT2D eigenvalue weighted by atomic mass is 16.7. The molecule has 0 bridgehead atoms. The van der Waals surface area contributed by atoms with E-state index in [4.69, 9.17) is 18.9 Å². The predicted molar refractivity (Wildman–Crippen MR) is 111 cm³/mol. The second-order valence-electron chi connectivity index (χ2n) is 8.78. The molecule has 2 heterocycles. The number of ether oxygens (including phenoxy) is 4. The van der Waals surface area contributed by atoms with Crippen molar-refractivity contribution in [3.05, 3.63) is 36.4 Å². The van der Waals surface area contributed by atoms with Gasteiger partial charge < -0.3 is 24.3 Å². The third-order valence-electron chi connectivity index (χ3n) is 4.79. The Kier molecular flexibility index (Phi) is 6.10. The van der Waals surface area contributed by atoms with Gasteiger partial charge in [0, 0.05) is 6.08 Å². The molecule has 1 saturated heterocycles. The van der Waals surface area contributed by atoms with E-state index in [-0.39, 0.29) is 0 Å². The maximum Gasteiger partial charge on any atom is 0.417 e. The Morgan fingerprint density at radius 3 is 2.60 bits per heavy atom. The summed E-state index contributed by atoms with van der Waals surface area (Å²) in [6, 6.07) is 6.32. The van der Waals surface area contributed by atoms with Crippen LogP contribution in [-0.2, 0) is 19.0 Å². The lowest BCUT2D eigenvalue weighted by Gasteiger charge is -2.35. The zero-order valence-electron chi connectivity index (χ0n) is 18.3. The van der Waals surface area contributed by atoms with Crippen molar-refractivity contribution in [3.63, 3.8) is 0 Å². The van der Waals surface area contributed by atoms with Crippen LogP contribution >= 0.6 is 0 Å². The molecule has 0 radical (unpaired) electrons. The summed E-state index contributed by atoms with van der Waals surface area (Å²) >= 11 is 0. The lowest BCUT2D eigenvalue weighted by Crippen LogP contribution is -2.54. The molecule has 2 aliphatic heterocycles. The molecule has 1 aromatic carbocycles. The number of methoxy groups -OCH3 is 1. The molecule has 0 saturated carbocycles. The molecule has 0 aromatic heterocycles. The lowest BCUT2D eigenvalue weighted by atomic mass is 10.0. The average molecular weight is 418 g/mol. The highest BCUT2D eigenvalue weighted by molar-refractivity contribution is 6.01. The van der Waals surface area contributed by atoms with Gasteiger partial charge in [-0.3, -0.25) is 4.79 Å². The average Bonchev–Trinajstić information content (AvgIpc) is 3.20. The first-order valence-corrected chi connectivity index (χ1v) is 9.96. The second-order valence-corrected chi connectivity index (χ2v) is 8.78. The fourth-order valence-corrected chi connectivity index (χ4v) is 3.53. The van der Waals surface area contributed by atoms with Crippen LogP contribution in [0.3, 0.4) is 0 Å². The van der Waals surface area contributed by atoms with Gasteiger partial charge in [-0.15, -0.1) is 0 Å². The minimum absolute atomic E-state index is 0.306. The van der Waals surface area contributed by atoms with Crippen LogP contribution in [0.25, 0.3) is 0 Å². The third-order valence-corrected chi connectivity index (χ3v) is 4.79. The van der Waals surface area contributed by atoms with Crippen molar-refractivity contribution in [2.45, 2.75) is 64.2 Å². The summed E-state index contributed by atoms with van der Waals surface area (Å²) in [5.74, 6) is -0.564. The van der Waals surface area contributed by atoms with Crippen LogP contribution in [-0.4, -0.2) is 60.2 Å². The summed E-state index contributed by atoms with van der Waals surface area (Å²) in [5, 5.41) is 3.41. The van der Waals surface area contributed by atoms with Crippen LogP contribution in [0.4, 0.5) is 10.5 Å². The van der Waals surface area contributed by atoms with Crippen LogP contribution in [0.5, 0.6) is 5.75 Å². The van der Waals surface area contributed by atoms with E-state index >= 15 is 0 Å². The van der Waals surface area contributed by atoms with Gasteiger partial charge in [0.15, 0.2) is 5.79 Å². The summed E-state index contributed by atoms with van der Waals surface area (Å²) in [6.07, 6.45) is 1.95. The number of para-hydroxylation sites is 2. The Labute approximate surface area is 177 Å². The third kappa shape index (κ3) is 4.94. The first-order valence-electron chi connectivity index (χ1n) is 9.96. The smallest absolute Gasteiger partial charge is 0.417 e.